The number of hydrogen-bond donors (Lipinski definition) is 1. The van der Waals surface area contributed by atoms with E-state index in [9.17, 15) is 4.79 Å². The molecule has 1 amide bonds. The minimum Gasteiger partial charge on any atom is -0.322 e. The highest BCUT2D eigenvalue weighted by atomic mass is 16.1. The molecule has 0 aliphatic rings. The zero-order valence-electron chi connectivity index (χ0n) is 14.9. The number of nitrogens with one attached hydrogen (secondary N) is 1. The molecule has 4 nitrogen and oxygen atoms in total. The zero-order valence-corrected chi connectivity index (χ0v) is 14.9. The van der Waals surface area contributed by atoms with Crippen molar-refractivity contribution in [1.29, 1.82) is 0 Å². The van der Waals surface area contributed by atoms with Crippen molar-refractivity contribution in [1.82, 2.24) is 9.78 Å². The molecule has 0 saturated carbocycles. The lowest BCUT2D eigenvalue weighted by atomic mass is 10.1. The van der Waals surface area contributed by atoms with Gasteiger partial charge in [0, 0.05) is 5.69 Å². The fourth-order valence-electron chi connectivity index (χ4n) is 2.93. The van der Waals surface area contributed by atoms with Gasteiger partial charge in [-0.05, 0) is 43.0 Å². The summed E-state index contributed by atoms with van der Waals surface area (Å²) >= 11 is 0. The third kappa shape index (κ3) is 3.79. The van der Waals surface area contributed by atoms with Gasteiger partial charge in [0.05, 0.1) is 24.0 Å². The van der Waals surface area contributed by atoms with Crippen LogP contribution in [0.2, 0.25) is 0 Å². The van der Waals surface area contributed by atoms with E-state index in [2.05, 4.69) is 22.5 Å². The number of benzene rings is 2. The summed E-state index contributed by atoms with van der Waals surface area (Å²) in [5.41, 5.74) is 5.78. The van der Waals surface area contributed by atoms with E-state index in [0.29, 0.717) is 12.1 Å². The second-order valence-electron chi connectivity index (χ2n) is 6.27. The molecule has 2 aromatic carbocycles. The third-order valence-corrected chi connectivity index (χ3v) is 4.34. The van der Waals surface area contributed by atoms with Crippen LogP contribution < -0.4 is 5.32 Å². The standard InChI is InChI=1S/C21H23N3O/c1-4-20-18(13-22-24(20)14-17-8-6-5-7-9-17)21(25)23-19-12-15(2)10-11-16(19)3/h5-13H,4,14H2,1-3H3,(H,23,25). The third-order valence-electron chi connectivity index (χ3n) is 4.34. The van der Waals surface area contributed by atoms with Crippen LogP contribution in [0.4, 0.5) is 5.69 Å². The summed E-state index contributed by atoms with van der Waals surface area (Å²) < 4.78 is 1.91. The molecule has 3 rings (SSSR count). The Labute approximate surface area is 148 Å². The number of amides is 1. The van der Waals surface area contributed by atoms with E-state index in [0.717, 1.165) is 28.9 Å². The van der Waals surface area contributed by atoms with Crippen molar-refractivity contribution in [3.05, 3.63) is 82.7 Å². The second-order valence-corrected chi connectivity index (χ2v) is 6.27. The van der Waals surface area contributed by atoms with Crippen molar-refractivity contribution in [2.75, 3.05) is 5.32 Å². The predicted molar refractivity (Wildman–Crippen MR) is 101 cm³/mol. The zero-order chi connectivity index (χ0) is 17.8. The molecule has 1 aromatic heterocycles. The second kappa shape index (κ2) is 7.34. The van der Waals surface area contributed by atoms with Crippen LogP contribution in [0.3, 0.4) is 0 Å². The van der Waals surface area contributed by atoms with E-state index in [4.69, 9.17) is 0 Å². The lowest BCUT2D eigenvalue weighted by Gasteiger charge is -2.11. The first-order chi connectivity index (χ1) is 12.1. The molecule has 0 aliphatic carbocycles. The van der Waals surface area contributed by atoms with E-state index < -0.39 is 0 Å². The highest BCUT2D eigenvalue weighted by Gasteiger charge is 2.17. The Hall–Kier alpha value is -2.88. The van der Waals surface area contributed by atoms with Crippen LogP contribution in [0.25, 0.3) is 0 Å². The van der Waals surface area contributed by atoms with Crippen molar-refractivity contribution in [2.24, 2.45) is 0 Å². The molecule has 128 valence electrons. The minimum absolute atomic E-state index is 0.107. The monoisotopic (exact) mass is 333 g/mol. The van der Waals surface area contributed by atoms with Gasteiger partial charge in [-0.3, -0.25) is 9.48 Å². The molecule has 0 aliphatic heterocycles. The molecular formula is C21H23N3O. The Bertz CT molecular complexity index is 881. The van der Waals surface area contributed by atoms with E-state index in [1.807, 2.05) is 61.9 Å². The number of nitrogens with zero attached hydrogens (tertiary/aromatic N) is 2. The molecule has 1 N–H and O–H groups in total. The first-order valence-corrected chi connectivity index (χ1v) is 8.55. The largest absolute Gasteiger partial charge is 0.322 e. The van der Waals surface area contributed by atoms with Crippen molar-refractivity contribution >= 4 is 11.6 Å². The van der Waals surface area contributed by atoms with Gasteiger partial charge in [-0.2, -0.15) is 5.10 Å². The van der Waals surface area contributed by atoms with Crippen LogP contribution in [-0.4, -0.2) is 15.7 Å². The van der Waals surface area contributed by atoms with Crippen LogP contribution in [-0.2, 0) is 13.0 Å². The van der Waals surface area contributed by atoms with Gasteiger partial charge >= 0.3 is 0 Å². The first-order valence-electron chi connectivity index (χ1n) is 8.55. The summed E-state index contributed by atoms with van der Waals surface area (Å²) in [4.78, 5) is 12.8. The predicted octanol–water partition coefficient (Wildman–Crippen LogP) is 4.36. The Kier molecular flexibility index (Phi) is 4.98. The first kappa shape index (κ1) is 17.0. The maximum atomic E-state index is 12.8. The average Bonchev–Trinajstić information content (AvgIpc) is 3.01. The van der Waals surface area contributed by atoms with Gasteiger partial charge in [-0.25, -0.2) is 0 Å². The van der Waals surface area contributed by atoms with Gasteiger partial charge in [-0.1, -0.05) is 49.4 Å². The van der Waals surface area contributed by atoms with E-state index in [1.165, 1.54) is 5.56 Å². The molecule has 3 aromatic rings. The smallest absolute Gasteiger partial charge is 0.259 e. The number of carbonyl (C=O) groups excluding carboxylic acids is 1. The summed E-state index contributed by atoms with van der Waals surface area (Å²) in [5, 5.41) is 7.47. The minimum atomic E-state index is -0.107. The topological polar surface area (TPSA) is 46.9 Å². The molecule has 0 radical (unpaired) electrons. The molecule has 0 fully saturated rings. The van der Waals surface area contributed by atoms with E-state index in [1.54, 1.807) is 6.20 Å². The van der Waals surface area contributed by atoms with Gasteiger partial charge < -0.3 is 5.32 Å². The Morgan fingerprint density at radius 1 is 1.12 bits per heavy atom. The number of hydrogen-bond acceptors (Lipinski definition) is 2. The normalized spacial score (nSPS) is 10.7. The maximum Gasteiger partial charge on any atom is 0.259 e. The average molecular weight is 333 g/mol. The van der Waals surface area contributed by atoms with Crippen molar-refractivity contribution < 1.29 is 4.79 Å². The number of carbonyl (C=O) groups is 1. The quantitative estimate of drug-likeness (QED) is 0.754. The lowest BCUT2D eigenvalue weighted by Crippen LogP contribution is -2.15. The number of aryl methyl sites for hydroxylation is 2. The Morgan fingerprint density at radius 3 is 2.60 bits per heavy atom. The van der Waals surface area contributed by atoms with Gasteiger partial charge in [0.15, 0.2) is 0 Å². The van der Waals surface area contributed by atoms with E-state index in [-0.39, 0.29) is 5.91 Å². The lowest BCUT2D eigenvalue weighted by molar-refractivity contribution is 0.102. The fourth-order valence-corrected chi connectivity index (χ4v) is 2.93. The molecule has 0 bridgehead atoms. The van der Waals surface area contributed by atoms with Gasteiger partial charge in [-0.15, -0.1) is 0 Å². The van der Waals surface area contributed by atoms with Gasteiger partial charge in [0.2, 0.25) is 0 Å². The molecule has 0 saturated heterocycles. The van der Waals surface area contributed by atoms with Crippen molar-refractivity contribution in [3.63, 3.8) is 0 Å². The highest BCUT2D eigenvalue weighted by molar-refractivity contribution is 6.05. The maximum absolute atomic E-state index is 12.8. The van der Waals surface area contributed by atoms with Gasteiger partial charge in [0.25, 0.3) is 5.91 Å². The number of rotatable bonds is 5. The molecule has 25 heavy (non-hydrogen) atoms. The van der Waals surface area contributed by atoms with Gasteiger partial charge in [0.1, 0.15) is 0 Å². The molecule has 4 heteroatoms. The molecule has 1 heterocycles. The molecule has 0 spiro atoms. The molecule has 0 unspecified atom stereocenters. The summed E-state index contributed by atoms with van der Waals surface area (Å²) in [6.07, 6.45) is 2.42. The summed E-state index contributed by atoms with van der Waals surface area (Å²) in [6, 6.07) is 16.2. The van der Waals surface area contributed by atoms with Crippen LogP contribution in [0, 0.1) is 13.8 Å². The van der Waals surface area contributed by atoms with Crippen LogP contribution in [0.1, 0.15) is 39.7 Å². The Morgan fingerprint density at radius 2 is 1.88 bits per heavy atom. The summed E-state index contributed by atoms with van der Waals surface area (Å²) in [7, 11) is 0. The summed E-state index contributed by atoms with van der Waals surface area (Å²) in [5.74, 6) is -0.107. The molecular weight excluding hydrogens is 310 g/mol. The summed E-state index contributed by atoms with van der Waals surface area (Å²) in [6.45, 7) is 6.73. The number of anilines is 1. The van der Waals surface area contributed by atoms with Crippen molar-refractivity contribution in [2.45, 2.75) is 33.7 Å². The highest BCUT2D eigenvalue weighted by Crippen LogP contribution is 2.19. The Balaban J connectivity index is 1.84. The van der Waals surface area contributed by atoms with Crippen molar-refractivity contribution in [3.8, 4) is 0 Å². The molecule has 0 atom stereocenters. The fraction of sp³-hybridized carbons (Fsp3) is 0.238. The van der Waals surface area contributed by atoms with Crippen LogP contribution in [0.5, 0.6) is 0 Å². The van der Waals surface area contributed by atoms with Crippen LogP contribution in [0.15, 0.2) is 54.7 Å². The van der Waals surface area contributed by atoms with E-state index >= 15 is 0 Å². The number of aromatic nitrogens is 2. The van der Waals surface area contributed by atoms with Crippen LogP contribution >= 0.6 is 0 Å². The SMILES string of the molecule is CCc1c(C(=O)Nc2cc(C)ccc2C)cnn1Cc1ccccc1.